The lowest BCUT2D eigenvalue weighted by molar-refractivity contribution is 0.103. The van der Waals surface area contributed by atoms with Gasteiger partial charge in [0.25, 0.3) is 0 Å². The predicted molar refractivity (Wildman–Crippen MR) is 103 cm³/mol. The van der Waals surface area contributed by atoms with E-state index in [1.165, 1.54) is 49.6 Å². The molecule has 3 rings (SSSR count). The van der Waals surface area contributed by atoms with Crippen molar-refractivity contribution >= 4 is 26.6 Å². The van der Waals surface area contributed by atoms with Crippen LogP contribution in [0.5, 0.6) is 5.75 Å². The highest BCUT2D eigenvalue weighted by atomic mass is 32.2. The Hall–Kier alpha value is -2.81. The van der Waals surface area contributed by atoms with Gasteiger partial charge >= 0.3 is 0 Å². The summed E-state index contributed by atoms with van der Waals surface area (Å²) in [6.07, 6.45) is 0. The Kier molecular flexibility index (Phi) is 5.73. The van der Waals surface area contributed by atoms with Crippen LogP contribution < -0.4 is 9.46 Å². The van der Waals surface area contributed by atoms with E-state index in [0.717, 1.165) is 0 Å². The van der Waals surface area contributed by atoms with Gasteiger partial charge in [0.05, 0.1) is 24.2 Å². The second-order valence-electron chi connectivity index (χ2n) is 5.98. The van der Waals surface area contributed by atoms with Gasteiger partial charge in [0.15, 0.2) is 5.78 Å². The maximum absolute atomic E-state index is 13.2. The lowest BCUT2D eigenvalue weighted by Crippen LogP contribution is -2.26. The van der Waals surface area contributed by atoms with Gasteiger partial charge in [0.2, 0.25) is 10.0 Å². The van der Waals surface area contributed by atoms with E-state index in [2.05, 4.69) is 4.72 Å². The van der Waals surface area contributed by atoms with Crippen molar-refractivity contribution in [1.82, 2.24) is 4.72 Å². The van der Waals surface area contributed by atoms with Crippen LogP contribution in [-0.2, 0) is 10.0 Å². The lowest BCUT2D eigenvalue weighted by atomic mass is 9.96. The molecule has 0 saturated carbocycles. The smallest absolute Gasteiger partial charge is 0.240 e. The molecule has 0 spiro atoms. The molecule has 0 aromatic heterocycles. The number of rotatable bonds is 7. The SMILES string of the molecule is COc1ccc2cc(S(=O)(=O)NCCO)ccc2c1C(=O)c1ccc(F)cc1. The molecule has 6 nitrogen and oxygen atoms in total. The fourth-order valence-corrected chi connectivity index (χ4v) is 3.92. The number of carbonyl (C=O) groups is 1. The van der Waals surface area contributed by atoms with Gasteiger partial charge in [-0.05, 0) is 53.2 Å². The van der Waals surface area contributed by atoms with E-state index in [-0.39, 0.29) is 35.0 Å². The fourth-order valence-electron chi connectivity index (χ4n) is 2.87. The number of halogens is 1. The Morgan fingerprint density at radius 2 is 1.82 bits per heavy atom. The van der Waals surface area contributed by atoms with Crippen molar-refractivity contribution in [2.45, 2.75) is 4.90 Å². The number of fused-ring (bicyclic) bond motifs is 1. The quantitative estimate of drug-likeness (QED) is 0.592. The maximum Gasteiger partial charge on any atom is 0.240 e. The van der Waals surface area contributed by atoms with Crippen molar-refractivity contribution in [3.63, 3.8) is 0 Å². The van der Waals surface area contributed by atoms with E-state index in [9.17, 15) is 17.6 Å². The average molecular weight is 403 g/mol. The molecule has 2 N–H and O–H groups in total. The molecule has 0 amide bonds. The molecule has 0 saturated heterocycles. The number of ether oxygens (including phenoxy) is 1. The summed E-state index contributed by atoms with van der Waals surface area (Å²) in [5.41, 5.74) is 0.549. The second kappa shape index (κ2) is 8.05. The summed E-state index contributed by atoms with van der Waals surface area (Å²) in [6, 6.07) is 12.7. The first-order valence-corrected chi connectivity index (χ1v) is 9.87. The van der Waals surface area contributed by atoms with Crippen molar-refractivity contribution in [3.8, 4) is 5.75 Å². The summed E-state index contributed by atoms with van der Waals surface area (Å²) in [7, 11) is -2.36. The standard InChI is InChI=1S/C20H18FNO5S/c1-27-18-9-4-14-12-16(28(25,26)22-10-11-23)7-8-17(14)19(18)20(24)13-2-5-15(21)6-3-13/h2-9,12,22-23H,10-11H2,1H3. The zero-order chi connectivity index (χ0) is 20.3. The van der Waals surface area contributed by atoms with E-state index in [4.69, 9.17) is 9.84 Å². The molecule has 0 bridgehead atoms. The van der Waals surface area contributed by atoms with Crippen molar-refractivity contribution < 1.29 is 27.4 Å². The van der Waals surface area contributed by atoms with E-state index in [1.54, 1.807) is 12.1 Å². The minimum Gasteiger partial charge on any atom is -0.496 e. The van der Waals surface area contributed by atoms with Crippen molar-refractivity contribution in [2.24, 2.45) is 0 Å². The van der Waals surface area contributed by atoms with E-state index < -0.39 is 15.8 Å². The van der Waals surface area contributed by atoms with Crippen LogP contribution in [0.3, 0.4) is 0 Å². The first-order chi connectivity index (χ1) is 13.4. The van der Waals surface area contributed by atoms with Crippen molar-refractivity contribution in [1.29, 1.82) is 0 Å². The van der Waals surface area contributed by atoms with Crippen LogP contribution >= 0.6 is 0 Å². The van der Waals surface area contributed by atoms with Gasteiger partial charge in [-0.1, -0.05) is 12.1 Å². The maximum atomic E-state index is 13.2. The van der Waals surface area contributed by atoms with Gasteiger partial charge in [-0.3, -0.25) is 4.79 Å². The van der Waals surface area contributed by atoms with Crippen LogP contribution in [-0.4, -0.2) is 39.6 Å². The summed E-state index contributed by atoms with van der Waals surface area (Å²) in [6.45, 7) is -0.419. The minimum absolute atomic E-state index is 0.0128. The molecule has 146 valence electrons. The van der Waals surface area contributed by atoms with Crippen LogP contribution in [0.1, 0.15) is 15.9 Å². The molecule has 0 fully saturated rings. The van der Waals surface area contributed by atoms with Crippen LogP contribution in [0.15, 0.2) is 59.5 Å². The third-order valence-electron chi connectivity index (χ3n) is 4.22. The highest BCUT2D eigenvalue weighted by molar-refractivity contribution is 7.89. The number of aliphatic hydroxyl groups excluding tert-OH is 1. The highest BCUT2D eigenvalue weighted by Gasteiger charge is 2.20. The zero-order valence-corrected chi connectivity index (χ0v) is 15.8. The summed E-state index contributed by atoms with van der Waals surface area (Å²) in [5.74, 6) is -0.487. The third kappa shape index (κ3) is 3.89. The van der Waals surface area contributed by atoms with E-state index >= 15 is 0 Å². The zero-order valence-electron chi connectivity index (χ0n) is 15.0. The van der Waals surface area contributed by atoms with Crippen molar-refractivity contribution in [2.75, 3.05) is 20.3 Å². The number of aliphatic hydroxyl groups is 1. The lowest BCUT2D eigenvalue weighted by Gasteiger charge is -2.13. The average Bonchev–Trinajstić information content (AvgIpc) is 2.71. The first-order valence-electron chi connectivity index (χ1n) is 8.39. The van der Waals surface area contributed by atoms with Gasteiger partial charge in [-0.2, -0.15) is 0 Å². The van der Waals surface area contributed by atoms with Gasteiger partial charge in [-0.25, -0.2) is 17.5 Å². The summed E-state index contributed by atoms with van der Waals surface area (Å²) < 4.78 is 45.3. The van der Waals surface area contributed by atoms with Crippen LogP contribution in [0.2, 0.25) is 0 Å². The topological polar surface area (TPSA) is 92.7 Å². The van der Waals surface area contributed by atoms with E-state index in [1.807, 2.05) is 0 Å². The highest BCUT2D eigenvalue weighted by Crippen LogP contribution is 2.31. The van der Waals surface area contributed by atoms with Gasteiger partial charge < -0.3 is 9.84 Å². The summed E-state index contributed by atoms with van der Waals surface area (Å²) in [5, 5.41) is 9.86. The van der Waals surface area contributed by atoms with Crippen LogP contribution in [0, 0.1) is 5.82 Å². The largest absolute Gasteiger partial charge is 0.496 e. The van der Waals surface area contributed by atoms with E-state index in [0.29, 0.717) is 16.5 Å². The molecule has 0 aliphatic rings. The molecule has 0 heterocycles. The number of hydrogen-bond acceptors (Lipinski definition) is 5. The first kappa shape index (κ1) is 19.9. The van der Waals surface area contributed by atoms with Crippen LogP contribution in [0.4, 0.5) is 4.39 Å². The number of carbonyl (C=O) groups excluding carboxylic acids is 1. The third-order valence-corrected chi connectivity index (χ3v) is 5.68. The molecule has 0 radical (unpaired) electrons. The Bertz CT molecular complexity index is 1130. The number of nitrogens with one attached hydrogen (secondary N) is 1. The summed E-state index contributed by atoms with van der Waals surface area (Å²) in [4.78, 5) is 13.0. The molecule has 3 aromatic carbocycles. The molecule has 0 aliphatic carbocycles. The number of hydrogen-bond donors (Lipinski definition) is 2. The number of methoxy groups -OCH3 is 1. The number of sulfonamides is 1. The molecule has 0 unspecified atom stereocenters. The molecular formula is C20H18FNO5S. The molecule has 3 aromatic rings. The summed E-state index contributed by atoms with van der Waals surface area (Å²) >= 11 is 0. The number of ketones is 1. The molecule has 0 aliphatic heterocycles. The predicted octanol–water partition coefficient (Wildman–Crippen LogP) is 2.49. The monoisotopic (exact) mass is 403 g/mol. The Morgan fingerprint density at radius 1 is 1.11 bits per heavy atom. The molecule has 28 heavy (non-hydrogen) atoms. The Balaban J connectivity index is 2.14. The van der Waals surface area contributed by atoms with Gasteiger partial charge in [0, 0.05) is 12.1 Å². The van der Waals surface area contributed by atoms with Gasteiger partial charge in [-0.15, -0.1) is 0 Å². The molecule has 0 atom stereocenters. The minimum atomic E-state index is -3.79. The normalized spacial score (nSPS) is 11.5. The Labute approximate surface area is 161 Å². The fraction of sp³-hybridized carbons (Fsp3) is 0.150. The Morgan fingerprint density at radius 3 is 2.46 bits per heavy atom. The second-order valence-corrected chi connectivity index (χ2v) is 7.75. The van der Waals surface area contributed by atoms with Crippen LogP contribution in [0.25, 0.3) is 10.8 Å². The van der Waals surface area contributed by atoms with Gasteiger partial charge in [0.1, 0.15) is 11.6 Å². The van der Waals surface area contributed by atoms with Crippen molar-refractivity contribution in [3.05, 3.63) is 71.5 Å². The molecular weight excluding hydrogens is 385 g/mol. The number of benzene rings is 3. The molecule has 8 heteroatoms.